The molecular formula is C52H32N4O. The predicted molar refractivity (Wildman–Crippen MR) is 234 cm³/mol. The van der Waals surface area contributed by atoms with Crippen LogP contribution < -0.4 is 0 Å². The van der Waals surface area contributed by atoms with Gasteiger partial charge in [0.05, 0.1) is 33.5 Å². The van der Waals surface area contributed by atoms with E-state index in [-0.39, 0.29) is 0 Å². The molecule has 5 heteroatoms. The van der Waals surface area contributed by atoms with Crippen molar-refractivity contribution in [1.29, 1.82) is 0 Å². The third-order valence-corrected chi connectivity index (χ3v) is 11.3. The number of hydrogen-bond acceptors (Lipinski definition) is 3. The minimum Gasteiger partial charge on any atom is -0.456 e. The highest BCUT2D eigenvalue weighted by atomic mass is 16.3. The Hall–Kier alpha value is -7.76. The van der Waals surface area contributed by atoms with E-state index >= 15 is 0 Å². The van der Waals surface area contributed by atoms with Gasteiger partial charge in [-0.15, -0.1) is 0 Å². The lowest BCUT2D eigenvalue weighted by Crippen LogP contribution is -1.98. The SMILES string of the molecule is c1ccc(-c2cc(-c3ccccc3)nc(-c3cccc(-n4c5cc6c7ccccc7n(-c7ccccc7)c6cc5c5c6c(ccc54)oc4ccccc46)c3)n2)cc1. The molecule has 0 unspecified atom stereocenters. The fraction of sp³-hybridized carbons (Fsp3) is 0. The molecule has 4 heterocycles. The van der Waals surface area contributed by atoms with Crippen LogP contribution in [0.4, 0.5) is 0 Å². The predicted octanol–water partition coefficient (Wildman–Crippen LogP) is 13.6. The average molecular weight is 729 g/mol. The minimum atomic E-state index is 0.675. The van der Waals surface area contributed by atoms with Gasteiger partial charge in [0.15, 0.2) is 5.82 Å². The molecule has 0 amide bonds. The van der Waals surface area contributed by atoms with E-state index in [9.17, 15) is 0 Å². The van der Waals surface area contributed by atoms with E-state index < -0.39 is 0 Å². The van der Waals surface area contributed by atoms with E-state index in [0.29, 0.717) is 5.82 Å². The molecule has 12 rings (SSSR count). The van der Waals surface area contributed by atoms with Crippen LogP contribution in [0.3, 0.4) is 0 Å². The molecular weight excluding hydrogens is 697 g/mol. The summed E-state index contributed by atoms with van der Waals surface area (Å²) in [7, 11) is 0. The first kappa shape index (κ1) is 31.6. The lowest BCUT2D eigenvalue weighted by atomic mass is 10.0. The van der Waals surface area contributed by atoms with E-state index in [1.165, 1.54) is 21.7 Å². The number of nitrogens with zero attached hydrogens (tertiary/aromatic N) is 4. The number of fused-ring (bicyclic) bond motifs is 10. The Morgan fingerprint density at radius 2 is 0.912 bits per heavy atom. The largest absolute Gasteiger partial charge is 0.456 e. The summed E-state index contributed by atoms with van der Waals surface area (Å²) >= 11 is 0. The summed E-state index contributed by atoms with van der Waals surface area (Å²) in [4.78, 5) is 10.4. The van der Waals surface area contributed by atoms with Gasteiger partial charge in [0, 0.05) is 60.4 Å². The number of aromatic nitrogens is 4. The van der Waals surface area contributed by atoms with Crippen LogP contribution in [0.1, 0.15) is 0 Å². The molecule has 8 aromatic carbocycles. The van der Waals surface area contributed by atoms with Gasteiger partial charge in [-0.1, -0.05) is 127 Å². The van der Waals surface area contributed by atoms with Gasteiger partial charge in [-0.25, -0.2) is 9.97 Å². The van der Waals surface area contributed by atoms with Crippen molar-refractivity contribution >= 4 is 65.6 Å². The highest BCUT2D eigenvalue weighted by Crippen LogP contribution is 2.44. The fourth-order valence-corrected chi connectivity index (χ4v) is 8.79. The molecule has 0 saturated heterocycles. The molecule has 5 nitrogen and oxygen atoms in total. The van der Waals surface area contributed by atoms with Crippen molar-refractivity contribution in [2.45, 2.75) is 0 Å². The van der Waals surface area contributed by atoms with Gasteiger partial charge in [0.2, 0.25) is 0 Å². The zero-order valence-corrected chi connectivity index (χ0v) is 30.7. The Labute approximate surface area is 327 Å². The number of furan rings is 1. The van der Waals surface area contributed by atoms with Gasteiger partial charge in [-0.3, -0.25) is 0 Å². The molecule has 0 bridgehead atoms. The molecule has 0 saturated carbocycles. The van der Waals surface area contributed by atoms with Crippen LogP contribution in [-0.2, 0) is 0 Å². The standard InChI is InChI=1S/C52H32N4O/c1-4-15-33(16-5-1)42-32-43(34-17-6-2-7-18-34)54-52(53-42)35-19-14-22-37(29-35)56-45-27-28-49-51(39-24-11-13-26-48(39)57-49)50(45)41-31-46-40(30-47(41)56)38-23-10-12-25-44(38)55(46)36-20-8-3-9-21-36/h1-32H. The Balaban J connectivity index is 1.17. The maximum absolute atomic E-state index is 6.49. The van der Waals surface area contributed by atoms with Crippen molar-refractivity contribution in [3.05, 3.63) is 194 Å². The van der Waals surface area contributed by atoms with E-state index in [1.807, 2.05) is 18.2 Å². The number of hydrogen-bond donors (Lipinski definition) is 0. The van der Waals surface area contributed by atoms with Crippen molar-refractivity contribution in [3.8, 4) is 45.3 Å². The molecule has 0 aliphatic carbocycles. The maximum atomic E-state index is 6.49. The molecule has 0 fully saturated rings. The Kier molecular flexibility index (Phi) is 6.86. The normalized spacial score (nSPS) is 11.9. The van der Waals surface area contributed by atoms with Crippen LogP contribution in [0.15, 0.2) is 199 Å². The zero-order valence-electron chi connectivity index (χ0n) is 30.7. The summed E-state index contributed by atoms with van der Waals surface area (Å²) in [5.41, 5.74) is 13.3. The molecule has 266 valence electrons. The third kappa shape index (κ3) is 4.89. The van der Waals surface area contributed by atoms with Crippen LogP contribution in [-0.4, -0.2) is 19.1 Å². The van der Waals surface area contributed by atoms with Crippen molar-refractivity contribution in [2.75, 3.05) is 0 Å². The third-order valence-electron chi connectivity index (χ3n) is 11.3. The van der Waals surface area contributed by atoms with Crippen LogP contribution in [0.2, 0.25) is 0 Å². The molecule has 12 aromatic rings. The number of para-hydroxylation sites is 3. The Morgan fingerprint density at radius 1 is 0.333 bits per heavy atom. The summed E-state index contributed by atoms with van der Waals surface area (Å²) in [6, 6.07) is 68.3. The van der Waals surface area contributed by atoms with Gasteiger partial charge < -0.3 is 13.6 Å². The second-order valence-corrected chi connectivity index (χ2v) is 14.6. The summed E-state index contributed by atoms with van der Waals surface area (Å²) in [5, 5.41) is 6.96. The zero-order chi connectivity index (χ0) is 37.5. The quantitative estimate of drug-likeness (QED) is 0.177. The van der Waals surface area contributed by atoms with E-state index in [1.54, 1.807) is 0 Å². The molecule has 4 aromatic heterocycles. The lowest BCUT2D eigenvalue weighted by Gasteiger charge is -2.12. The average Bonchev–Trinajstić information content (AvgIpc) is 3.93. The van der Waals surface area contributed by atoms with E-state index in [0.717, 1.165) is 83.3 Å². The first-order valence-electron chi connectivity index (χ1n) is 19.2. The molecule has 0 radical (unpaired) electrons. The van der Waals surface area contributed by atoms with E-state index in [2.05, 4.69) is 185 Å². The van der Waals surface area contributed by atoms with Crippen molar-refractivity contribution in [1.82, 2.24) is 19.1 Å². The van der Waals surface area contributed by atoms with Gasteiger partial charge >= 0.3 is 0 Å². The van der Waals surface area contributed by atoms with Crippen molar-refractivity contribution in [2.24, 2.45) is 0 Å². The molecule has 57 heavy (non-hydrogen) atoms. The lowest BCUT2D eigenvalue weighted by molar-refractivity contribution is 0.669. The Bertz CT molecular complexity index is 3450. The smallest absolute Gasteiger partial charge is 0.160 e. The first-order chi connectivity index (χ1) is 28.3. The minimum absolute atomic E-state index is 0.675. The summed E-state index contributed by atoms with van der Waals surface area (Å²) in [6.45, 7) is 0. The molecule has 0 N–H and O–H groups in total. The highest BCUT2D eigenvalue weighted by molar-refractivity contribution is 6.29. The summed E-state index contributed by atoms with van der Waals surface area (Å²) < 4.78 is 11.3. The topological polar surface area (TPSA) is 48.8 Å². The fourth-order valence-electron chi connectivity index (χ4n) is 8.79. The second kappa shape index (κ2) is 12.4. The second-order valence-electron chi connectivity index (χ2n) is 14.6. The van der Waals surface area contributed by atoms with Gasteiger partial charge in [-0.2, -0.15) is 0 Å². The van der Waals surface area contributed by atoms with Gasteiger partial charge in [-0.05, 0) is 66.7 Å². The maximum Gasteiger partial charge on any atom is 0.160 e. The Morgan fingerprint density at radius 3 is 1.67 bits per heavy atom. The molecule has 0 spiro atoms. The number of rotatable bonds is 5. The van der Waals surface area contributed by atoms with Crippen LogP contribution >= 0.6 is 0 Å². The first-order valence-corrected chi connectivity index (χ1v) is 19.2. The number of benzene rings is 8. The van der Waals surface area contributed by atoms with Crippen molar-refractivity contribution < 1.29 is 4.42 Å². The van der Waals surface area contributed by atoms with E-state index in [4.69, 9.17) is 14.4 Å². The van der Waals surface area contributed by atoms with Crippen LogP contribution in [0.5, 0.6) is 0 Å². The summed E-state index contributed by atoms with van der Waals surface area (Å²) in [6.07, 6.45) is 0. The van der Waals surface area contributed by atoms with Crippen LogP contribution in [0, 0.1) is 0 Å². The van der Waals surface area contributed by atoms with Crippen molar-refractivity contribution in [3.63, 3.8) is 0 Å². The highest BCUT2D eigenvalue weighted by Gasteiger charge is 2.22. The summed E-state index contributed by atoms with van der Waals surface area (Å²) in [5.74, 6) is 0.675. The monoisotopic (exact) mass is 728 g/mol. The molecule has 0 atom stereocenters. The molecule has 0 aliphatic rings. The molecule has 0 aliphatic heterocycles. The van der Waals surface area contributed by atoms with Gasteiger partial charge in [0.25, 0.3) is 0 Å². The van der Waals surface area contributed by atoms with Crippen LogP contribution in [0.25, 0.3) is 111 Å². The van der Waals surface area contributed by atoms with Gasteiger partial charge in [0.1, 0.15) is 11.2 Å².